The van der Waals surface area contributed by atoms with Gasteiger partial charge in [0.1, 0.15) is 5.82 Å². The molecule has 2 N–H and O–H groups in total. The zero-order valence-corrected chi connectivity index (χ0v) is 8.09. The van der Waals surface area contributed by atoms with Crippen molar-refractivity contribution in [3.05, 3.63) is 17.3 Å². The number of hydrogen-bond donors (Lipinski definition) is 1. The van der Waals surface area contributed by atoms with Crippen molar-refractivity contribution in [1.82, 2.24) is 4.98 Å². The van der Waals surface area contributed by atoms with E-state index in [1.54, 1.807) is 12.3 Å². The van der Waals surface area contributed by atoms with E-state index in [0.29, 0.717) is 10.7 Å². The van der Waals surface area contributed by atoms with E-state index in [2.05, 4.69) is 9.88 Å². The molecule has 0 aromatic carbocycles. The lowest BCUT2D eigenvalue weighted by Crippen LogP contribution is -2.19. The van der Waals surface area contributed by atoms with Crippen LogP contribution in [0.25, 0.3) is 0 Å². The maximum atomic E-state index is 6.03. The van der Waals surface area contributed by atoms with Gasteiger partial charge in [-0.25, -0.2) is 4.98 Å². The summed E-state index contributed by atoms with van der Waals surface area (Å²) in [6, 6.07) is 1.75. The van der Waals surface area contributed by atoms with Crippen molar-refractivity contribution in [1.29, 1.82) is 0 Å². The van der Waals surface area contributed by atoms with Gasteiger partial charge in [0.2, 0.25) is 0 Å². The summed E-state index contributed by atoms with van der Waals surface area (Å²) in [6.07, 6.45) is 4.10. The van der Waals surface area contributed by atoms with Gasteiger partial charge in [-0.05, 0) is 18.9 Å². The van der Waals surface area contributed by atoms with Crippen molar-refractivity contribution in [3.63, 3.8) is 0 Å². The second-order valence-corrected chi connectivity index (χ2v) is 3.68. The Morgan fingerprint density at radius 1 is 1.38 bits per heavy atom. The topological polar surface area (TPSA) is 42.1 Å². The highest BCUT2D eigenvalue weighted by atomic mass is 35.5. The SMILES string of the molecule is Nc1cnc(N2CCCC2)c(Cl)c1. The van der Waals surface area contributed by atoms with E-state index in [-0.39, 0.29) is 0 Å². The highest BCUT2D eigenvalue weighted by molar-refractivity contribution is 6.33. The third kappa shape index (κ3) is 1.70. The highest BCUT2D eigenvalue weighted by Crippen LogP contribution is 2.27. The van der Waals surface area contributed by atoms with Crippen LogP contribution < -0.4 is 10.6 Å². The summed E-state index contributed by atoms with van der Waals surface area (Å²) in [6.45, 7) is 2.10. The second kappa shape index (κ2) is 3.42. The number of nitrogen functional groups attached to an aromatic ring is 1. The minimum absolute atomic E-state index is 0.618. The first-order chi connectivity index (χ1) is 6.27. The molecule has 70 valence electrons. The Bertz CT molecular complexity index is 308. The summed E-state index contributed by atoms with van der Waals surface area (Å²) in [5.74, 6) is 0.869. The fourth-order valence-electron chi connectivity index (χ4n) is 1.61. The molecule has 2 rings (SSSR count). The van der Waals surface area contributed by atoms with Gasteiger partial charge in [0, 0.05) is 13.1 Å². The number of nitrogens with two attached hydrogens (primary N) is 1. The predicted octanol–water partition coefficient (Wildman–Crippen LogP) is 1.92. The third-order valence-corrected chi connectivity index (χ3v) is 2.53. The highest BCUT2D eigenvalue weighted by Gasteiger charge is 2.15. The van der Waals surface area contributed by atoms with Crippen LogP contribution in [-0.2, 0) is 0 Å². The molecular formula is C9H12ClN3. The van der Waals surface area contributed by atoms with Crippen LogP contribution in [0.1, 0.15) is 12.8 Å². The molecule has 0 unspecified atom stereocenters. The van der Waals surface area contributed by atoms with Crippen molar-refractivity contribution in [2.45, 2.75) is 12.8 Å². The first-order valence-corrected chi connectivity index (χ1v) is 4.81. The Hall–Kier alpha value is -0.960. The molecule has 0 saturated carbocycles. The van der Waals surface area contributed by atoms with Gasteiger partial charge in [-0.2, -0.15) is 0 Å². The number of rotatable bonds is 1. The van der Waals surface area contributed by atoms with Gasteiger partial charge >= 0.3 is 0 Å². The quantitative estimate of drug-likeness (QED) is 0.748. The lowest BCUT2D eigenvalue weighted by Gasteiger charge is -2.17. The summed E-state index contributed by atoms with van der Waals surface area (Å²) in [5.41, 5.74) is 6.18. The van der Waals surface area contributed by atoms with Crippen molar-refractivity contribution < 1.29 is 0 Å². The summed E-state index contributed by atoms with van der Waals surface area (Å²) in [7, 11) is 0. The van der Waals surface area contributed by atoms with Crippen LogP contribution >= 0.6 is 11.6 Å². The summed E-state index contributed by atoms with van der Waals surface area (Å²) in [4.78, 5) is 6.43. The minimum Gasteiger partial charge on any atom is -0.397 e. The first-order valence-electron chi connectivity index (χ1n) is 4.43. The molecule has 1 fully saturated rings. The Kier molecular flexibility index (Phi) is 2.27. The summed E-state index contributed by atoms with van der Waals surface area (Å²) in [5, 5.41) is 0.655. The average molecular weight is 198 g/mol. The molecule has 2 heterocycles. The van der Waals surface area contributed by atoms with E-state index in [4.69, 9.17) is 17.3 Å². The summed E-state index contributed by atoms with van der Waals surface area (Å²) >= 11 is 6.03. The van der Waals surface area contributed by atoms with Crippen LogP contribution in [0, 0.1) is 0 Å². The minimum atomic E-state index is 0.618. The molecule has 1 aromatic heterocycles. The van der Waals surface area contributed by atoms with Gasteiger partial charge in [-0.3, -0.25) is 0 Å². The zero-order chi connectivity index (χ0) is 9.26. The van der Waals surface area contributed by atoms with Crippen LogP contribution in [0.3, 0.4) is 0 Å². The molecular weight excluding hydrogens is 186 g/mol. The van der Waals surface area contributed by atoms with Crippen molar-refractivity contribution in [2.24, 2.45) is 0 Å². The molecule has 0 amide bonds. The maximum Gasteiger partial charge on any atom is 0.147 e. The van der Waals surface area contributed by atoms with E-state index in [9.17, 15) is 0 Å². The zero-order valence-electron chi connectivity index (χ0n) is 7.33. The Morgan fingerprint density at radius 3 is 2.69 bits per heavy atom. The van der Waals surface area contributed by atoms with Gasteiger partial charge in [0.05, 0.1) is 16.9 Å². The van der Waals surface area contributed by atoms with E-state index in [1.165, 1.54) is 12.8 Å². The third-order valence-electron chi connectivity index (χ3n) is 2.25. The predicted molar refractivity (Wildman–Crippen MR) is 55.1 cm³/mol. The molecule has 1 aromatic rings. The van der Waals surface area contributed by atoms with Crippen molar-refractivity contribution in [3.8, 4) is 0 Å². The van der Waals surface area contributed by atoms with E-state index < -0.39 is 0 Å². The normalized spacial score (nSPS) is 16.5. The Labute approximate surface area is 82.5 Å². The molecule has 4 heteroatoms. The fourth-order valence-corrected chi connectivity index (χ4v) is 1.90. The lowest BCUT2D eigenvalue weighted by atomic mass is 10.4. The van der Waals surface area contributed by atoms with E-state index >= 15 is 0 Å². The molecule has 0 atom stereocenters. The van der Waals surface area contributed by atoms with Crippen molar-refractivity contribution >= 4 is 23.1 Å². The molecule has 1 saturated heterocycles. The number of anilines is 2. The molecule has 0 bridgehead atoms. The second-order valence-electron chi connectivity index (χ2n) is 3.27. The largest absolute Gasteiger partial charge is 0.397 e. The van der Waals surface area contributed by atoms with E-state index in [0.717, 1.165) is 18.9 Å². The van der Waals surface area contributed by atoms with Crippen LogP contribution in [0.2, 0.25) is 5.02 Å². The van der Waals surface area contributed by atoms with Gasteiger partial charge in [-0.15, -0.1) is 0 Å². The lowest BCUT2D eigenvalue weighted by molar-refractivity contribution is 0.938. The Morgan fingerprint density at radius 2 is 2.08 bits per heavy atom. The van der Waals surface area contributed by atoms with Gasteiger partial charge < -0.3 is 10.6 Å². The smallest absolute Gasteiger partial charge is 0.147 e. The molecule has 0 radical (unpaired) electrons. The average Bonchev–Trinajstić information content (AvgIpc) is 2.56. The number of pyridine rings is 1. The van der Waals surface area contributed by atoms with Gasteiger partial charge in [-0.1, -0.05) is 11.6 Å². The molecule has 3 nitrogen and oxygen atoms in total. The number of nitrogens with zero attached hydrogens (tertiary/aromatic N) is 2. The van der Waals surface area contributed by atoms with Crippen LogP contribution in [0.5, 0.6) is 0 Å². The standard InChI is InChI=1S/C9H12ClN3/c10-8-5-7(11)6-12-9(8)13-3-1-2-4-13/h5-6H,1-4,11H2. The number of aromatic nitrogens is 1. The van der Waals surface area contributed by atoms with Crippen LogP contribution in [0.15, 0.2) is 12.3 Å². The first kappa shape index (κ1) is 8.63. The number of hydrogen-bond acceptors (Lipinski definition) is 3. The van der Waals surface area contributed by atoms with Gasteiger partial charge in [0.15, 0.2) is 0 Å². The fraction of sp³-hybridized carbons (Fsp3) is 0.444. The van der Waals surface area contributed by atoms with Crippen LogP contribution in [0.4, 0.5) is 11.5 Å². The Balaban J connectivity index is 2.29. The molecule has 0 spiro atoms. The monoisotopic (exact) mass is 197 g/mol. The molecule has 1 aliphatic rings. The number of halogens is 1. The molecule has 13 heavy (non-hydrogen) atoms. The van der Waals surface area contributed by atoms with Gasteiger partial charge in [0.25, 0.3) is 0 Å². The summed E-state index contributed by atoms with van der Waals surface area (Å²) < 4.78 is 0. The van der Waals surface area contributed by atoms with Crippen molar-refractivity contribution in [2.75, 3.05) is 23.7 Å². The molecule has 0 aliphatic carbocycles. The molecule has 1 aliphatic heterocycles. The van der Waals surface area contributed by atoms with E-state index in [1.807, 2.05) is 0 Å². The van der Waals surface area contributed by atoms with Crippen LogP contribution in [-0.4, -0.2) is 18.1 Å². The maximum absolute atomic E-state index is 6.03.